The molecule has 1 rings (SSSR count). The number of methoxy groups -OCH3 is 3. The van der Waals surface area contributed by atoms with Crippen molar-refractivity contribution in [2.45, 2.75) is 32.7 Å². The van der Waals surface area contributed by atoms with Crippen molar-refractivity contribution in [1.82, 2.24) is 5.32 Å². The lowest BCUT2D eigenvalue weighted by Gasteiger charge is -2.14. The number of carbonyl (C=O) groups excluding carboxylic acids is 1. The molecule has 1 unspecified atom stereocenters. The van der Waals surface area contributed by atoms with Crippen LogP contribution in [-0.4, -0.2) is 33.3 Å². The Hall–Kier alpha value is -2.17. The second-order valence-corrected chi connectivity index (χ2v) is 4.96. The van der Waals surface area contributed by atoms with Crippen LogP contribution >= 0.6 is 0 Å². The highest BCUT2D eigenvalue weighted by molar-refractivity contribution is 5.92. The van der Waals surface area contributed by atoms with Gasteiger partial charge in [0.15, 0.2) is 11.5 Å². The van der Waals surface area contributed by atoms with Crippen LogP contribution in [0, 0.1) is 0 Å². The summed E-state index contributed by atoms with van der Waals surface area (Å²) in [5, 5.41) is 2.92. The van der Waals surface area contributed by atoms with Crippen molar-refractivity contribution in [3.05, 3.63) is 23.8 Å². The van der Waals surface area contributed by atoms with Crippen LogP contribution in [0.25, 0.3) is 6.08 Å². The zero-order valence-electron chi connectivity index (χ0n) is 13.9. The van der Waals surface area contributed by atoms with E-state index in [9.17, 15) is 4.79 Å². The SMILES string of the molecule is CCCC(C)NC(=O)C=Cc1ccc(OC)c(OC)c1OC. The summed E-state index contributed by atoms with van der Waals surface area (Å²) in [6.45, 7) is 4.08. The van der Waals surface area contributed by atoms with E-state index in [1.807, 2.05) is 13.0 Å². The molecule has 0 aliphatic carbocycles. The highest BCUT2D eigenvalue weighted by atomic mass is 16.5. The van der Waals surface area contributed by atoms with E-state index in [2.05, 4.69) is 12.2 Å². The number of rotatable bonds is 8. The minimum Gasteiger partial charge on any atom is -0.493 e. The molecule has 1 aromatic carbocycles. The van der Waals surface area contributed by atoms with Gasteiger partial charge in [-0.15, -0.1) is 0 Å². The Labute approximate surface area is 132 Å². The Morgan fingerprint density at radius 2 is 1.86 bits per heavy atom. The van der Waals surface area contributed by atoms with Crippen molar-refractivity contribution in [3.8, 4) is 17.2 Å². The smallest absolute Gasteiger partial charge is 0.244 e. The van der Waals surface area contributed by atoms with Gasteiger partial charge < -0.3 is 19.5 Å². The van der Waals surface area contributed by atoms with Crippen LogP contribution in [0.1, 0.15) is 32.3 Å². The number of hydrogen-bond donors (Lipinski definition) is 1. The van der Waals surface area contributed by atoms with Crippen molar-refractivity contribution >= 4 is 12.0 Å². The molecular formula is C17H25NO4. The largest absolute Gasteiger partial charge is 0.493 e. The zero-order valence-corrected chi connectivity index (χ0v) is 13.9. The van der Waals surface area contributed by atoms with Gasteiger partial charge in [-0.3, -0.25) is 4.79 Å². The molecule has 0 fully saturated rings. The van der Waals surface area contributed by atoms with Crippen LogP contribution in [0.3, 0.4) is 0 Å². The fourth-order valence-electron chi connectivity index (χ4n) is 2.22. The molecule has 22 heavy (non-hydrogen) atoms. The van der Waals surface area contributed by atoms with Gasteiger partial charge in [0.2, 0.25) is 11.7 Å². The molecule has 0 aromatic heterocycles. The van der Waals surface area contributed by atoms with E-state index in [0.717, 1.165) is 18.4 Å². The molecule has 1 atom stereocenters. The van der Waals surface area contributed by atoms with Gasteiger partial charge in [-0.1, -0.05) is 13.3 Å². The number of benzene rings is 1. The maximum atomic E-state index is 11.9. The first-order chi connectivity index (χ1) is 10.6. The molecule has 0 radical (unpaired) electrons. The summed E-state index contributed by atoms with van der Waals surface area (Å²) in [5.41, 5.74) is 0.749. The van der Waals surface area contributed by atoms with E-state index in [-0.39, 0.29) is 11.9 Å². The maximum absolute atomic E-state index is 11.9. The third kappa shape index (κ3) is 4.69. The highest BCUT2D eigenvalue weighted by Crippen LogP contribution is 2.40. The van der Waals surface area contributed by atoms with Crippen molar-refractivity contribution in [1.29, 1.82) is 0 Å². The molecule has 0 spiro atoms. The monoisotopic (exact) mass is 307 g/mol. The number of ether oxygens (including phenoxy) is 3. The Kier molecular flexibility index (Phi) is 7.29. The standard InChI is InChI=1S/C17H25NO4/c1-6-7-12(2)18-15(19)11-9-13-8-10-14(20-3)17(22-5)16(13)21-4/h8-12H,6-7H2,1-5H3,(H,18,19). The average Bonchev–Trinajstić information content (AvgIpc) is 2.51. The highest BCUT2D eigenvalue weighted by Gasteiger charge is 2.14. The second kappa shape index (κ2) is 8.97. The molecule has 0 saturated heterocycles. The summed E-state index contributed by atoms with van der Waals surface area (Å²) >= 11 is 0. The van der Waals surface area contributed by atoms with Crippen molar-refractivity contribution in [2.24, 2.45) is 0 Å². The predicted octanol–water partition coefficient (Wildman–Crippen LogP) is 3.03. The van der Waals surface area contributed by atoms with Crippen molar-refractivity contribution in [2.75, 3.05) is 21.3 Å². The van der Waals surface area contributed by atoms with E-state index >= 15 is 0 Å². The van der Waals surface area contributed by atoms with Gasteiger partial charge in [0.05, 0.1) is 21.3 Å². The molecule has 0 saturated carbocycles. The summed E-state index contributed by atoms with van der Waals surface area (Å²) in [4.78, 5) is 11.9. The Morgan fingerprint density at radius 3 is 2.41 bits per heavy atom. The van der Waals surface area contributed by atoms with Crippen LogP contribution in [0.5, 0.6) is 17.2 Å². The topological polar surface area (TPSA) is 56.8 Å². The fourth-order valence-corrected chi connectivity index (χ4v) is 2.22. The quantitative estimate of drug-likeness (QED) is 0.750. The molecule has 1 N–H and O–H groups in total. The normalized spacial score (nSPS) is 12.0. The molecule has 0 aliphatic heterocycles. The predicted molar refractivity (Wildman–Crippen MR) is 87.6 cm³/mol. The number of amides is 1. The van der Waals surface area contributed by atoms with Gasteiger partial charge in [0.25, 0.3) is 0 Å². The molecule has 5 heteroatoms. The van der Waals surface area contributed by atoms with E-state index < -0.39 is 0 Å². The third-order valence-electron chi connectivity index (χ3n) is 3.26. The van der Waals surface area contributed by atoms with Crippen molar-refractivity contribution < 1.29 is 19.0 Å². The first-order valence-electron chi connectivity index (χ1n) is 7.34. The number of nitrogens with one attached hydrogen (secondary N) is 1. The molecule has 5 nitrogen and oxygen atoms in total. The Morgan fingerprint density at radius 1 is 1.18 bits per heavy atom. The Bertz CT molecular complexity index is 526. The number of hydrogen-bond acceptors (Lipinski definition) is 4. The van der Waals surface area contributed by atoms with Gasteiger partial charge in [-0.05, 0) is 31.6 Å². The lowest BCUT2D eigenvalue weighted by atomic mass is 10.1. The van der Waals surface area contributed by atoms with E-state index in [4.69, 9.17) is 14.2 Å². The molecule has 0 bridgehead atoms. The summed E-state index contributed by atoms with van der Waals surface area (Å²) in [5.74, 6) is 1.50. The van der Waals surface area contributed by atoms with Crippen LogP contribution in [0.4, 0.5) is 0 Å². The lowest BCUT2D eigenvalue weighted by Crippen LogP contribution is -2.30. The fraction of sp³-hybridized carbons (Fsp3) is 0.471. The minimum absolute atomic E-state index is 0.127. The molecule has 1 aromatic rings. The van der Waals surface area contributed by atoms with Crippen molar-refractivity contribution in [3.63, 3.8) is 0 Å². The zero-order chi connectivity index (χ0) is 16.5. The van der Waals surface area contributed by atoms with Crippen LogP contribution in [0.15, 0.2) is 18.2 Å². The summed E-state index contributed by atoms with van der Waals surface area (Å²) < 4.78 is 15.9. The first kappa shape index (κ1) is 17.9. The minimum atomic E-state index is -0.127. The van der Waals surface area contributed by atoms with Gasteiger partial charge in [0, 0.05) is 17.7 Å². The van der Waals surface area contributed by atoms with Gasteiger partial charge in [0.1, 0.15) is 0 Å². The first-order valence-corrected chi connectivity index (χ1v) is 7.34. The second-order valence-electron chi connectivity index (χ2n) is 4.96. The van der Waals surface area contributed by atoms with E-state index in [1.54, 1.807) is 33.5 Å². The van der Waals surface area contributed by atoms with Gasteiger partial charge in [-0.2, -0.15) is 0 Å². The molecule has 1 amide bonds. The summed E-state index contributed by atoms with van der Waals surface area (Å²) in [7, 11) is 4.67. The molecule has 122 valence electrons. The van der Waals surface area contributed by atoms with Crippen LogP contribution in [-0.2, 0) is 4.79 Å². The van der Waals surface area contributed by atoms with Gasteiger partial charge in [-0.25, -0.2) is 0 Å². The summed E-state index contributed by atoms with van der Waals surface area (Å²) in [6, 6.07) is 3.76. The maximum Gasteiger partial charge on any atom is 0.244 e. The van der Waals surface area contributed by atoms with Crippen LogP contribution < -0.4 is 19.5 Å². The molecule has 0 heterocycles. The van der Waals surface area contributed by atoms with Gasteiger partial charge >= 0.3 is 0 Å². The third-order valence-corrected chi connectivity index (χ3v) is 3.26. The summed E-state index contributed by atoms with van der Waals surface area (Å²) in [6.07, 6.45) is 5.19. The lowest BCUT2D eigenvalue weighted by molar-refractivity contribution is -0.117. The van der Waals surface area contributed by atoms with E-state index in [0.29, 0.717) is 17.2 Å². The van der Waals surface area contributed by atoms with Crippen LogP contribution in [0.2, 0.25) is 0 Å². The average molecular weight is 307 g/mol. The molecular weight excluding hydrogens is 282 g/mol. The number of carbonyl (C=O) groups is 1. The Balaban J connectivity index is 2.93. The van der Waals surface area contributed by atoms with E-state index in [1.165, 1.54) is 6.08 Å². The molecule has 0 aliphatic rings.